The van der Waals surface area contributed by atoms with Crippen LogP contribution >= 0.6 is 0 Å². The van der Waals surface area contributed by atoms with Crippen LogP contribution in [0.5, 0.6) is 5.75 Å². The maximum atomic E-state index is 12.4. The van der Waals surface area contributed by atoms with E-state index in [4.69, 9.17) is 10.9 Å². The van der Waals surface area contributed by atoms with E-state index >= 15 is 0 Å². The largest absolute Gasteiger partial charge is 0.494 e. The number of methoxy groups -OCH3 is 1. The highest BCUT2D eigenvalue weighted by atomic mass is 32.2. The number of halogens is 2. The second-order valence-electron chi connectivity index (χ2n) is 2.82. The first-order valence-electron chi connectivity index (χ1n) is 3.92. The minimum Gasteiger partial charge on any atom is -0.494 e. The first kappa shape index (κ1) is 12.6. The number of ether oxygens (including phenoxy) is 1. The topological polar surface area (TPSA) is 108 Å². The molecule has 4 N–H and O–H groups in total. The number of alkyl halides is 2. The van der Waals surface area contributed by atoms with Crippen LogP contribution in [0.15, 0.2) is 11.1 Å². The lowest BCUT2D eigenvalue weighted by atomic mass is 10.2. The molecule has 0 unspecified atom stereocenters. The van der Waals surface area contributed by atoms with E-state index < -0.39 is 32.9 Å². The maximum absolute atomic E-state index is 12.4. The Kier molecular flexibility index (Phi) is 3.29. The quantitative estimate of drug-likeness (QED) is 0.803. The lowest BCUT2D eigenvalue weighted by Crippen LogP contribution is -2.17. The van der Waals surface area contributed by atoms with E-state index in [1.54, 1.807) is 0 Å². The maximum Gasteiger partial charge on any atom is 0.267 e. The molecule has 0 aliphatic rings. The number of rotatable bonds is 3. The Labute approximate surface area is 90.3 Å². The van der Waals surface area contributed by atoms with Gasteiger partial charge in [-0.25, -0.2) is 27.3 Å². The highest BCUT2D eigenvalue weighted by Gasteiger charge is 2.22. The van der Waals surface area contributed by atoms with Gasteiger partial charge in [0.1, 0.15) is 5.82 Å². The van der Waals surface area contributed by atoms with Crippen molar-refractivity contribution < 1.29 is 21.9 Å². The number of nitrogens with two attached hydrogens (primary N) is 2. The van der Waals surface area contributed by atoms with Crippen LogP contribution in [-0.4, -0.2) is 20.5 Å². The third kappa shape index (κ3) is 2.36. The Morgan fingerprint density at radius 2 is 2.06 bits per heavy atom. The van der Waals surface area contributed by atoms with E-state index in [-0.39, 0.29) is 5.75 Å². The van der Waals surface area contributed by atoms with Crippen LogP contribution in [0.4, 0.5) is 14.6 Å². The molecule has 0 radical (unpaired) electrons. The molecule has 6 nitrogen and oxygen atoms in total. The van der Waals surface area contributed by atoms with Crippen molar-refractivity contribution in [3.8, 4) is 5.75 Å². The number of primary sulfonamides is 1. The van der Waals surface area contributed by atoms with Crippen LogP contribution in [0.25, 0.3) is 0 Å². The molecule has 90 valence electrons. The second kappa shape index (κ2) is 4.18. The predicted octanol–water partition coefficient (Wildman–Crippen LogP) is 0.257. The van der Waals surface area contributed by atoms with Crippen LogP contribution in [-0.2, 0) is 10.0 Å². The summed E-state index contributed by atoms with van der Waals surface area (Å²) < 4.78 is 51.5. The van der Waals surface area contributed by atoms with Crippen molar-refractivity contribution in [3.05, 3.63) is 11.6 Å². The van der Waals surface area contributed by atoms with E-state index in [9.17, 15) is 17.2 Å². The van der Waals surface area contributed by atoms with Gasteiger partial charge in [-0.3, -0.25) is 0 Å². The molecule has 16 heavy (non-hydrogen) atoms. The van der Waals surface area contributed by atoms with Gasteiger partial charge in [0.2, 0.25) is 5.03 Å². The Hall–Kier alpha value is -1.48. The zero-order valence-corrected chi connectivity index (χ0v) is 8.96. The Bertz CT molecular complexity index is 504. The van der Waals surface area contributed by atoms with Crippen LogP contribution in [0, 0.1) is 0 Å². The highest BCUT2D eigenvalue weighted by Crippen LogP contribution is 2.30. The van der Waals surface area contributed by atoms with Gasteiger partial charge in [-0.05, 0) is 6.07 Å². The molecule has 1 aromatic rings. The number of pyridine rings is 1. The number of nitrogens with zero attached hydrogens (tertiary/aromatic N) is 1. The molecule has 9 heteroatoms. The third-order valence-corrected chi connectivity index (χ3v) is 2.57. The molecular weight excluding hydrogens is 244 g/mol. The summed E-state index contributed by atoms with van der Waals surface area (Å²) in [5, 5.41) is 4.15. The molecule has 0 aromatic carbocycles. The van der Waals surface area contributed by atoms with Crippen molar-refractivity contribution in [1.29, 1.82) is 0 Å². The predicted molar refractivity (Wildman–Crippen MR) is 51.5 cm³/mol. The molecule has 1 heterocycles. The molecule has 0 atom stereocenters. The molecule has 0 saturated carbocycles. The number of hydrogen-bond donors (Lipinski definition) is 2. The fourth-order valence-corrected chi connectivity index (χ4v) is 1.68. The summed E-state index contributed by atoms with van der Waals surface area (Å²) in [5.74, 6) is -0.966. The summed E-state index contributed by atoms with van der Waals surface area (Å²) in [4.78, 5) is 3.30. The molecule has 0 bridgehead atoms. The molecule has 0 aliphatic heterocycles. The monoisotopic (exact) mass is 253 g/mol. The van der Waals surface area contributed by atoms with Gasteiger partial charge in [0.15, 0.2) is 5.75 Å². The summed E-state index contributed by atoms with van der Waals surface area (Å²) in [6.45, 7) is 0. The molecular formula is C7H9F2N3O3S. The fourth-order valence-electron chi connectivity index (χ4n) is 1.03. The van der Waals surface area contributed by atoms with E-state index in [0.29, 0.717) is 0 Å². The number of hydrogen-bond acceptors (Lipinski definition) is 5. The van der Waals surface area contributed by atoms with Crippen molar-refractivity contribution in [3.63, 3.8) is 0 Å². The first-order chi connectivity index (χ1) is 7.27. The van der Waals surface area contributed by atoms with Crippen LogP contribution in [0.2, 0.25) is 0 Å². The molecule has 0 spiro atoms. The van der Waals surface area contributed by atoms with Gasteiger partial charge in [-0.2, -0.15) is 0 Å². The Balaban J connectivity index is 3.51. The summed E-state index contributed by atoms with van der Waals surface area (Å²) >= 11 is 0. The van der Waals surface area contributed by atoms with E-state index in [2.05, 4.69) is 9.72 Å². The molecule has 0 amide bonds. The lowest BCUT2D eigenvalue weighted by molar-refractivity contribution is 0.151. The lowest BCUT2D eigenvalue weighted by Gasteiger charge is -2.10. The van der Waals surface area contributed by atoms with Crippen LogP contribution < -0.4 is 15.6 Å². The number of anilines is 1. The van der Waals surface area contributed by atoms with Gasteiger partial charge < -0.3 is 10.5 Å². The summed E-state index contributed by atoms with van der Waals surface area (Å²) in [6.07, 6.45) is -2.88. The first-order valence-corrected chi connectivity index (χ1v) is 5.47. The van der Waals surface area contributed by atoms with Crippen molar-refractivity contribution >= 4 is 15.8 Å². The molecule has 1 rings (SSSR count). The highest BCUT2D eigenvalue weighted by molar-refractivity contribution is 7.89. The van der Waals surface area contributed by atoms with E-state index in [0.717, 1.165) is 13.2 Å². The van der Waals surface area contributed by atoms with E-state index in [1.807, 2.05) is 0 Å². The van der Waals surface area contributed by atoms with Crippen molar-refractivity contribution in [1.82, 2.24) is 4.98 Å². The standard InChI is InChI=1S/C7H9F2N3O3S/c1-15-4-2-3(5(8)9)6(10)12-7(4)16(11,13)14/h2,5H,1H3,(H2,10,12)(H2,11,13,14). The van der Waals surface area contributed by atoms with Crippen molar-refractivity contribution in [2.75, 3.05) is 12.8 Å². The van der Waals surface area contributed by atoms with Gasteiger partial charge in [-0.1, -0.05) is 0 Å². The molecule has 0 saturated heterocycles. The zero-order valence-electron chi connectivity index (χ0n) is 8.15. The SMILES string of the molecule is COc1cc(C(F)F)c(N)nc1S(N)(=O)=O. The average molecular weight is 253 g/mol. The Morgan fingerprint density at radius 1 is 1.50 bits per heavy atom. The van der Waals surface area contributed by atoms with Gasteiger partial charge in [0, 0.05) is 0 Å². The summed E-state index contributed by atoms with van der Waals surface area (Å²) in [7, 11) is -3.06. The number of sulfonamides is 1. The molecule has 0 aliphatic carbocycles. The number of aromatic nitrogens is 1. The van der Waals surface area contributed by atoms with Crippen molar-refractivity contribution in [2.45, 2.75) is 11.5 Å². The number of nitrogen functional groups attached to an aromatic ring is 1. The normalized spacial score (nSPS) is 11.8. The minimum absolute atomic E-state index is 0.369. The molecule has 0 fully saturated rings. The molecule has 1 aromatic heterocycles. The van der Waals surface area contributed by atoms with E-state index in [1.165, 1.54) is 0 Å². The average Bonchev–Trinajstić information content (AvgIpc) is 2.15. The smallest absolute Gasteiger partial charge is 0.267 e. The summed E-state index contributed by atoms with van der Waals surface area (Å²) in [5.41, 5.74) is 4.57. The fraction of sp³-hybridized carbons (Fsp3) is 0.286. The summed E-state index contributed by atoms with van der Waals surface area (Å²) in [6, 6.07) is 0.798. The van der Waals surface area contributed by atoms with Gasteiger partial charge >= 0.3 is 0 Å². The van der Waals surface area contributed by atoms with Gasteiger partial charge in [0.25, 0.3) is 16.4 Å². The minimum atomic E-state index is -4.17. The second-order valence-corrected chi connectivity index (χ2v) is 4.29. The van der Waals surface area contributed by atoms with Gasteiger partial charge in [0.05, 0.1) is 12.7 Å². The van der Waals surface area contributed by atoms with Crippen LogP contribution in [0.3, 0.4) is 0 Å². The van der Waals surface area contributed by atoms with Gasteiger partial charge in [-0.15, -0.1) is 0 Å². The zero-order chi connectivity index (χ0) is 12.5. The van der Waals surface area contributed by atoms with Crippen molar-refractivity contribution in [2.24, 2.45) is 5.14 Å². The third-order valence-electron chi connectivity index (χ3n) is 1.74. The van der Waals surface area contributed by atoms with Crippen LogP contribution in [0.1, 0.15) is 12.0 Å². The Morgan fingerprint density at radius 3 is 2.44 bits per heavy atom.